The molecule has 0 saturated carbocycles. The van der Waals surface area contributed by atoms with E-state index in [4.69, 9.17) is 5.26 Å². The number of nitrogens with one attached hydrogen (secondary N) is 2. The molecule has 0 aliphatic rings. The minimum atomic E-state index is -0.949. The molecule has 1 aromatic rings. The molecule has 0 heterocycles. The number of hydrogen-bond acceptors (Lipinski definition) is 5. The first-order chi connectivity index (χ1) is 8.54. The second-order valence-corrected chi connectivity index (χ2v) is 3.10. The number of nitro benzene ring substituents is 1. The Morgan fingerprint density at radius 1 is 1.28 bits per heavy atom. The van der Waals surface area contributed by atoms with E-state index in [1.54, 1.807) is 6.07 Å². The molecule has 1 aromatic carbocycles. The standard InChI is InChI=1S/C10H8N4O4/c11-5-6-12-9(15)10(16)13-7-1-3-8(4-2-7)14(17)18/h1-4H,6H2,(H,12,15)(H,13,16). The fourth-order valence-electron chi connectivity index (χ4n) is 1.05. The molecule has 2 amide bonds. The number of nitro groups is 1. The Kier molecular flexibility index (Phi) is 4.34. The first-order valence-electron chi connectivity index (χ1n) is 4.75. The van der Waals surface area contributed by atoms with E-state index in [0.29, 0.717) is 0 Å². The van der Waals surface area contributed by atoms with Crippen LogP contribution in [-0.4, -0.2) is 23.3 Å². The second-order valence-electron chi connectivity index (χ2n) is 3.10. The lowest BCUT2D eigenvalue weighted by molar-refractivity contribution is -0.384. The van der Waals surface area contributed by atoms with Gasteiger partial charge in [0.05, 0.1) is 11.0 Å². The lowest BCUT2D eigenvalue weighted by Crippen LogP contribution is -2.35. The van der Waals surface area contributed by atoms with Gasteiger partial charge in [-0.3, -0.25) is 19.7 Å². The van der Waals surface area contributed by atoms with Crippen molar-refractivity contribution in [1.29, 1.82) is 5.26 Å². The number of benzene rings is 1. The number of nitrogens with zero attached hydrogens (tertiary/aromatic N) is 2. The zero-order chi connectivity index (χ0) is 13.5. The van der Waals surface area contributed by atoms with Crippen molar-refractivity contribution in [1.82, 2.24) is 5.32 Å². The summed E-state index contributed by atoms with van der Waals surface area (Å²) in [5, 5.41) is 22.9. The lowest BCUT2D eigenvalue weighted by Gasteiger charge is -2.03. The van der Waals surface area contributed by atoms with Crippen LogP contribution in [0, 0.1) is 21.4 Å². The van der Waals surface area contributed by atoms with Crippen LogP contribution in [0.3, 0.4) is 0 Å². The summed E-state index contributed by atoms with van der Waals surface area (Å²) in [6, 6.07) is 6.64. The van der Waals surface area contributed by atoms with Gasteiger partial charge >= 0.3 is 11.8 Å². The molecule has 0 radical (unpaired) electrons. The molecule has 0 saturated heterocycles. The topological polar surface area (TPSA) is 125 Å². The monoisotopic (exact) mass is 248 g/mol. The third kappa shape index (κ3) is 3.57. The third-order valence-electron chi connectivity index (χ3n) is 1.87. The van der Waals surface area contributed by atoms with Crippen LogP contribution in [0.1, 0.15) is 0 Å². The van der Waals surface area contributed by atoms with E-state index in [9.17, 15) is 19.7 Å². The molecule has 0 atom stereocenters. The highest BCUT2D eigenvalue weighted by Gasteiger charge is 2.13. The Morgan fingerprint density at radius 3 is 2.39 bits per heavy atom. The van der Waals surface area contributed by atoms with E-state index in [1.807, 2.05) is 0 Å². The molecular weight excluding hydrogens is 240 g/mol. The summed E-state index contributed by atoms with van der Waals surface area (Å²) in [6.45, 7) is -0.271. The molecule has 92 valence electrons. The van der Waals surface area contributed by atoms with E-state index in [0.717, 1.165) is 0 Å². The summed E-state index contributed by atoms with van der Waals surface area (Å²) < 4.78 is 0. The summed E-state index contributed by atoms with van der Waals surface area (Å²) in [5.74, 6) is -1.89. The average molecular weight is 248 g/mol. The molecule has 0 fully saturated rings. The van der Waals surface area contributed by atoms with E-state index in [2.05, 4.69) is 10.6 Å². The fourth-order valence-corrected chi connectivity index (χ4v) is 1.05. The van der Waals surface area contributed by atoms with E-state index in [-0.39, 0.29) is 17.9 Å². The number of carbonyl (C=O) groups excluding carboxylic acids is 2. The maximum Gasteiger partial charge on any atom is 0.313 e. The molecule has 0 aliphatic carbocycles. The van der Waals surface area contributed by atoms with Gasteiger partial charge in [0.25, 0.3) is 5.69 Å². The highest BCUT2D eigenvalue weighted by atomic mass is 16.6. The van der Waals surface area contributed by atoms with Crippen molar-refractivity contribution < 1.29 is 14.5 Å². The molecular formula is C10H8N4O4. The quantitative estimate of drug-likeness (QED) is 0.341. The van der Waals surface area contributed by atoms with Crippen LogP contribution in [0.25, 0.3) is 0 Å². The third-order valence-corrected chi connectivity index (χ3v) is 1.87. The first-order valence-corrected chi connectivity index (χ1v) is 4.75. The fraction of sp³-hybridized carbons (Fsp3) is 0.100. The predicted molar refractivity (Wildman–Crippen MR) is 60.3 cm³/mol. The summed E-state index contributed by atoms with van der Waals surface area (Å²) >= 11 is 0. The molecule has 8 heteroatoms. The summed E-state index contributed by atoms with van der Waals surface area (Å²) in [7, 11) is 0. The molecule has 18 heavy (non-hydrogen) atoms. The van der Waals surface area contributed by atoms with E-state index < -0.39 is 16.7 Å². The second kappa shape index (κ2) is 5.95. The zero-order valence-electron chi connectivity index (χ0n) is 9.04. The summed E-state index contributed by atoms with van der Waals surface area (Å²) in [4.78, 5) is 32.2. The summed E-state index contributed by atoms with van der Waals surface area (Å²) in [5.41, 5.74) is 0.125. The zero-order valence-corrected chi connectivity index (χ0v) is 9.04. The number of anilines is 1. The van der Waals surface area contributed by atoms with E-state index in [1.165, 1.54) is 24.3 Å². The average Bonchev–Trinajstić information content (AvgIpc) is 2.36. The highest BCUT2D eigenvalue weighted by Crippen LogP contribution is 2.15. The van der Waals surface area contributed by atoms with Crippen LogP contribution >= 0.6 is 0 Å². The molecule has 0 unspecified atom stereocenters. The van der Waals surface area contributed by atoms with Gasteiger partial charge in [0.2, 0.25) is 0 Å². The molecule has 1 rings (SSSR count). The normalized spacial score (nSPS) is 9.06. The number of carbonyl (C=O) groups is 2. The van der Waals surface area contributed by atoms with Crippen molar-refractivity contribution in [3.8, 4) is 6.07 Å². The Balaban J connectivity index is 2.62. The van der Waals surface area contributed by atoms with Crippen LogP contribution in [0.5, 0.6) is 0 Å². The van der Waals surface area contributed by atoms with Crippen molar-refractivity contribution in [2.45, 2.75) is 0 Å². The molecule has 0 aliphatic heterocycles. The molecule has 0 spiro atoms. The number of hydrogen-bond donors (Lipinski definition) is 2. The minimum Gasteiger partial charge on any atom is -0.335 e. The van der Waals surface area contributed by atoms with Crippen LogP contribution in [0.15, 0.2) is 24.3 Å². The van der Waals surface area contributed by atoms with Crippen LogP contribution in [0.2, 0.25) is 0 Å². The van der Waals surface area contributed by atoms with Crippen molar-refractivity contribution in [3.63, 3.8) is 0 Å². The van der Waals surface area contributed by atoms with Gasteiger partial charge in [0, 0.05) is 17.8 Å². The maximum absolute atomic E-state index is 11.3. The largest absolute Gasteiger partial charge is 0.335 e. The number of amides is 2. The molecule has 0 aromatic heterocycles. The Labute approximate surface area is 101 Å². The van der Waals surface area contributed by atoms with Crippen LogP contribution < -0.4 is 10.6 Å². The number of rotatable bonds is 3. The molecule has 8 nitrogen and oxygen atoms in total. The Hall–Kier alpha value is -2.95. The van der Waals surface area contributed by atoms with Gasteiger partial charge in [0.1, 0.15) is 6.54 Å². The Bertz CT molecular complexity index is 518. The Morgan fingerprint density at radius 2 is 1.89 bits per heavy atom. The SMILES string of the molecule is N#CCNC(=O)C(=O)Nc1ccc([N+](=O)[O-])cc1. The van der Waals surface area contributed by atoms with Crippen molar-refractivity contribution in [2.24, 2.45) is 0 Å². The van der Waals surface area contributed by atoms with Crippen LogP contribution in [0.4, 0.5) is 11.4 Å². The first kappa shape index (κ1) is 13.1. The number of nitriles is 1. The van der Waals surface area contributed by atoms with Gasteiger partial charge in [-0.15, -0.1) is 0 Å². The minimum absolute atomic E-state index is 0.123. The molecule has 2 N–H and O–H groups in total. The van der Waals surface area contributed by atoms with Crippen molar-refractivity contribution in [2.75, 3.05) is 11.9 Å². The lowest BCUT2D eigenvalue weighted by atomic mass is 10.3. The van der Waals surface area contributed by atoms with Crippen LogP contribution in [-0.2, 0) is 9.59 Å². The van der Waals surface area contributed by atoms with Crippen molar-refractivity contribution >= 4 is 23.2 Å². The van der Waals surface area contributed by atoms with Gasteiger partial charge in [-0.05, 0) is 12.1 Å². The van der Waals surface area contributed by atoms with Gasteiger partial charge in [-0.2, -0.15) is 5.26 Å². The predicted octanol–water partition coefficient (Wildman–Crippen LogP) is 0.173. The van der Waals surface area contributed by atoms with Gasteiger partial charge < -0.3 is 10.6 Å². The number of non-ortho nitro benzene ring substituents is 1. The summed E-state index contributed by atoms with van der Waals surface area (Å²) in [6.07, 6.45) is 0. The maximum atomic E-state index is 11.3. The van der Waals surface area contributed by atoms with Gasteiger partial charge in [-0.1, -0.05) is 0 Å². The smallest absolute Gasteiger partial charge is 0.313 e. The molecule has 0 bridgehead atoms. The van der Waals surface area contributed by atoms with Gasteiger partial charge in [-0.25, -0.2) is 0 Å². The highest BCUT2D eigenvalue weighted by molar-refractivity contribution is 6.39. The van der Waals surface area contributed by atoms with Gasteiger partial charge in [0.15, 0.2) is 0 Å². The van der Waals surface area contributed by atoms with Crippen molar-refractivity contribution in [3.05, 3.63) is 34.4 Å². The van der Waals surface area contributed by atoms with E-state index >= 15 is 0 Å².